The summed E-state index contributed by atoms with van der Waals surface area (Å²) in [7, 11) is 0. The Kier molecular flexibility index (Phi) is 9.98. The lowest BCUT2D eigenvalue weighted by molar-refractivity contribution is -0.129. The van der Waals surface area contributed by atoms with Crippen molar-refractivity contribution in [2.24, 2.45) is 0 Å². The molecule has 0 unspecified atom stereocenters. The minimum atomic E-state index is -0.393. The van der Waals surface area contributed by atoms with Gasteiger partial charge in [-0.1, -0.05) is 82.7 Å². The lowest BCUT2D eigenvalue weighted by Gasteiger charge is -2.05. The van der Waals surface area contributed by atoms with E-state index in [1.54, 1.807) is 12.4 Å². The summed E-state index contributed by atoms with van der Waals surface area (Å²) in [6.45, 7) is 4.36. The van der Waals surface area contributed by atoms with Crippen LogP contribution >= 0.6 is 0 Å². The highest BCUT2D eigenvalue weighted by Crippen LogP contribution is 2.18. The van der Waals surface area contributed by atoms with Crippen molar-refractivity contribution >= 4 is 5.97 Å². The number of benzene rings is 1. The normalized spacial score (nSPS) is 11.1. The fraction of sp³-hybridized carbons (Fsp3) is 0.458. The molecule has 0 amide bonds. The molecule has 2 aromatic rings. The molecule has 28 heavy (non-hydrogen) atoms. The summed E-state index contributed by atoms with van der Waals surface area (Å²) in [4.78, 5) is 20.4. The topological polar surface area (TPSA) is 52.1 Å². The number of rotatable bonds is 12. The number of aryl methyl sites for hydroxylation is 1. The first kappa shape index (κ1) is 21.8. The molecule has 0 saturated heterocycles. The maximum Gasteiger partial charge on any atom is 0.335 e. The van der Waals surface area contributed by atoms with E-state index < -0.39 is 5.97 Å². The zero-order valence-corrected chi connectivity index (χ0v) is 17.2. The van der Waals surface area contributed by atoms with Crippen LogP contribution in [0.4, 0.5) is 0 Å². The highest BCUT2D eigenvalue weighted by Gasteiger charge is 2.05. The van der Waals surface area contributed by atoms with Crippen molar-refractivity contribution in [3.63, 3.8) is 0 Å². The molecule has 0 bridgehead atoms. The van der Waals surface area contributed by atoms with E-state index in [0.29, 0.717) is 11.6 Å². The van der Waals surface area contributed by atoms with Crippen molar-refractivity contribution in [2.45, 2.75) is 71.6 Å². The van der Waals surface area contributed by atoms with Crippen LogP contribution in [0.1, 0.15) is 70.8 Å². The molecular formula is C24H32N2O2. The van der Waals surface area contributed by atoms with Gasteiger partial charge < -0.3 is 4.74 Å². The summed E-state index contributed by atoms with van der Waals surface area (Å²) in [6, 6.07) is 8.40. The number of carbonyl (C=O) groups is 1. The van der Waals surface area contributed by atoms with E-state index in [9.17, 15) is 4.79 Å². The zero-order chi connectivity index (χ0) is 20.0. The van der Waals surface area contributed by atoms with Crippen molar-refractivity contribution < 1.29 is 9.53 Å². The molecule has 0 fully saturated rings. The molecular weight excluding hydrogens is 348 g/mol. The van der Waals surface area contributed by atoms with Gasteiger partial charge in [0.1, 0.15) is 0 Å². The average molecular weight is 381 g/mol. The van der Waals surface area contributed by atoms with E-state index >= 15 is 0 Å². The van der Waals surface area contributed by atoms with Crippen LogP contribution in [0.15, 0.2) is 48.8 Å². The molecule has 0 aliphatic rings. The molecule has 4 heteroatoms. The largest absolute Gasteiger partial charge is 0.420 e. The number of unbranched alkanes of at least 4 members (excludes halogenated alkanes) is 6. The van der Waals surface area contributed by atoms with Crippen LogP contribution in [-0.4, -0.2) is 15.9 Å². The number of hydrogen-bond acceptors (Lipinski definition) is 4. The minimum Gasteiger partial charge on any atom is -0.420 e. The summed E-state index contributed by atoms with van der Waals surface area (Å²) in [6.07, 6.45) is 17.0. The van der Waals surface area contributed by atoms with Gasteiger partial charge in [-0.25, -0.2) is 14.8 Å². The quantitative estimate of drug-likeness (QED) is 0.246. The predicted molar refractivity (Wildman–Crippen MR) is 114 cm³/mol. The Morgan fingerprint density at radius 2 is 1.61 bits per heavy atom. The molecule has 0 aliphatic carbocycles. The summed E-state index contributed by atoms with van der Waals surface area (Å²) in [5.41, 5.74) is 2.31. The molecule has 4 nitrogen and oxygen atoms in total. The van der Waals surface area contributed by atoms with Gasteiger partial charge in [-0.15, -0.1) is 0 Å². The van der Waals surface area contributed by atoms with Gasteiger partial charge in [-0.2, -0.15) is 0 Å². The fourth-order valence-corrected chi connectivity index (χ4v) is 2.92. The molecule has 1 aromatic carbocycles. The van der Waals surface area contributed by atoms with E-state index in [1.807, 2.05) is 6.08 Å². The van der Waals surface area contributed by atoms with Crippen molar-refractivity contribution in [3.05, 3.63) is 54.4 Å². The molecule has 150 valence electrons. The van der Waals surface area contributed by atoms with Crippen LogP contribution in [0.25, 0.3) is 11.4 Å². The van der Waals surface area contributed by atoms with E-state index in [0.717, 1.165) is 31.2 Å². The smallest absolute Gasteiger partial charge is 0.335 e. The molecule has 0 atom stereocenters. The van der Waals surface area contributed by atoms with Gasteiger partial charge >= 0.3 is 5.97 Å². The van der Waals surface area contributed by atoms with Crippen molar-refractivity contribution in [2.75, 3.05) is 0 Å². The fourth-order valence-electron chi connectivity index (χ4n) is 2.92. The first-order valence-corrected chi connectivity index (χ1v) is 10.5. The lowest BCUT2D eigenvalue weighted by Crippen LogP contribution is -2.04. The molecule has 0 radical (unpaired) electrons. The molecule has 2 rings (SSSR count). The third-order valence-corrected chi connectivity index (χ3v) is 4.61. The number of aromatic nitrogens is 2. The van der Waals surface area contributed by atoms with Crippen molar-refractivity contribution in [1.82, 2.24) is 9.97 Å². The second-order valence-corrected chi connectivity index (χ2v) is 7.07. The number of esters is 1. The number of allylic oxidation sites excluding steroid dienone is 1. The predicted octanol–water partition coefficient (Wildman–Crippen LogP) is 6.31. The molecule has 1 aromatic heterocycles. The zero-order valence-electron chi connectivity index (χ0n) is 17.2. The summed E-state index contributed by atoms with van der Waals surface area (Å²) in [5.74, 6) is 0.598. The van der Waals surface area contributed by atoms with Crippen LogP contribution in [-0.2, 0) is 11.2 Å². The Morgan fingerprint density at radius 1 is 0.929 bits per heavy atom. The first-order valence-electron chi connectivity index (χ1n) is 10.5. The third kappa shape index (κ3) is 8.03. The van der Waals surface area contributed by atoms with E-state index in [4.69, 9.17) is 4.74 Å². The molecule has 0 N–H and O–H groups in total. The van der Waals surface area contributed by atoms with Gasteiger partial charge in [-0.05, 0) is 24.8 Å². The Hall–Kier alpha value is -2.49. The summed E-state index contributed by atoms with van der Waals surface area (Å²) >= 11 is 0. The van der Waals surface area contributed by atoms with Gasteiger partial charge in [0.2, 0.25) is 0 Å². The van der Waals surface area contributed by atoms with Gasteiger partial charge in [0.15, 0.2) is 11.6 Å². The monoisotopic (exact) mass is 380 g/mol. The van der Waals surface area contributed by atoms with Gasteiger partial charge in [0.05, 0.1) is 12.4 Å². The number of carbonyl (C=O) groups excluding carboxylic acids is 1. The lowest BCUT2D eigenvalue weighted by atomic mass is 10.0. The molecule has 0 saturated carbocycles. The highest BCUT2D eigenvalue weighted by molar-refractivity contribution is 5.83. The SMILES string of the molecule is CCCCC=CC(=O)Oc1cnc(-c2ccc(CCCCCCC)cc2)nc1. The van der Waals surface area contributed by atoms with Crippen molar-refractivity contribution in [1.29, 1.82) is 0 Å². The molecule has 0 aliphatic heterocycles. The molecule has 1 heterocycles. The van der Waals surface area contributed by atoms with Crippen LogP contribution in [0.5, 0.6) is 5.75 Å². The maximum atomic E-state index is 11.7. The van der Waals surface area contributed by atoms with E-state index in [-0.39, 0.29) is 0 Å². The third-order valence-electron chi connectivity index (χ3n) is 4.61. The minimum absolute atomic E-state index is 0.359. The van der Waals surface area contributed by atoms with Crippen LogP contribution in [0.3, 0.4) is 0 Å². The van der Waals surface area contributed by atoms with Gasteiger partial charge in [-0.3, -0.25) is 0 Å². The first-order chi connectivity index (χ1) is 13.7. The number of nitrogens with zero attached hydrogens (tertiary/aromatic N) is 2. The summed E-state index contributed by atoms with van der Waals surface area (Å²) in [5, 5.41) is 0. The second-order valence-electron chi connectivity index (χ2n) is 7.07. The van der Waals surface area contributed by atoms with Gasteiger partial charge in [0, 0.05) is 11.6 Å². The van der Waals surface area contributed by atoms with Crippen LogP contribution in [0, 0.1) is 0 Å². The Morgan fingerprint density at radius 3 is 2.29 bits per heavy atom. The average Bonchev–Trinajstić information content (AvgIpc) is 2.72. The van der Waals surface area contributed by atoms with E-state index in [2.05, 4.69) is 48.1 Å². The maximum absolute atomic E-state index is 11.7. The molecule has 0 spiro atoms. The Bertz CT molecular complexity index is 721. The van der Waals surface area contributed by atoms with Gasteiger partial charge in [0.25, 0.3) is 0 Å². The second kappa shape index (κ2) is 12.8. The Labute approximate surface area is 169 Å². The van der Waals surface area contributed by atoms with Crippen LogP contribution in [0.2, 0.25) is 0 Å². The highest BCUT2D eigenvalue weighted by atomic mass is 16.5. The van der Waals surface area contributed by atoms with Crippen molar-refractivity contribution in [3.8, 4) is 17.1 Å². The summed E-state index contributed by atoms with van der Waals surface area (Å²) < 4.78 is 5.23. The number of hydrogen-bond donors (Lipinski definition) is 0. The Balaban J connectivity index is 1.83. The number of ether oxygens (including phenoxy) is 1. The standard InChI is InChI=1S/C24H32N2O2/c1-3-5-7-9-10-12-20-14-16-21(17-15-20)24-25-18-22(19-26-24)28-23(27)13-11-8-6-4-2/h11,13-19H,3-10,12H2,1-2H3. The van der Waals surface area contributed by atoms with Crippen LogP contribution < -0.4 is 4.74 Å². The van der Waals surface area contributed by atoms with E-state index in [1.165, 1.54) is 43.7 Å².